The van der Waals surface area contributed by atoms with E-state index in [1.807, 2.05) is 0 Å². The molecule has 2 heterocycles. The summed E-state index contributed by atoms with van der Waals surface area (Å²) in [5.74, 6) is 0.623. The zero-order valence-corrected chi connectivity index (χ0v) is 15.7. The first-order valence-corrected chi connectivity index (χ1v) is 9.41. The molecule has 26 heavy (non-hydrogen) atoms. The Kier molecular flexibility index (Phi) is 8.73. The third kappa shape index (κ3) is 5.89. The van der Waals surface area contributed by atoms with Gasteiger partial charge in [0.1, 0.15) is 18.5 Å². The first-order valence-electron chi connectivity index (χ1n) is 9.41. The molecular weight excluding hydrogens is 334 g/mol. The fourth-order valence-electron chi connectivity index (χ4n) is 2.82. The van der Waals surface area contributed by atoms with Crippen molar-refractivity contribution in [2.75, 3.05) is 19.8 Å². The molecule has 0 bridgehead atoms. The highest BCUT2D eigenvalue weighted by Crippen LogP contribution is 2.34. The van der Waals surface area contributed by atoms with Crippen molar-refractivity contribution in [3.8, 4) is 0 Å². The summed E-state index contributed by atoms with van der Waals surface area (Å²) < 4.78 is 18.0. The number of hydrogen-bond acceptors (Lipinski definition) is 5. The second-order valence-corrected chi connectivity index (χ2v) is 6.42. The predicted molar refractivity (Wildman–Crippen MR) is 101 cm³/mol. The minimum atomic E-state index is -0.143. The van der Waals surface area contributed by atoms with Gasteiger partial charge in [0.25, 0.3) is 0 Å². The molecule has 0 saturated carbocycles. The van der Waals surface area contributed by atoms with Crippen molar-refractivity contribution in [3.05, 3.63) is 17.7 Å². The lowest BCUT2D eigenvalue weighted by molar-refractivity contribution is -0.0655. The fraction of sp³-hybridized carbons (Fsp3) is 0.722. The number of amidine groups is 1. The van der Waals surface area contributed by atoms with E-state index in [0.717, 1.165) is 57.4 Å². The molecule has 0 unspecified atom stereocenters. The molecule has 2 rings (SSSR count). The van der Waals surface area contributed by atoms with E-state index in [1.54, 1.807) is 6.20 Å². The Morgan fingerprint density at radius 3 is 2.92 bits per heavy atom. The van der Waals surface area contributed by atoms with Gasteiger partial charge in [-0.2, -0.15) is 0 Å². The van der Waals surface area contributed by atoms with E-state index in [4.69, 9.17) is 25.4 Å². The number of ether oxygens (including phenoxy) is 3. The average molecular weight is 365 g/mol. The molecule has 8 heteroatoms. The number of hydrogen-bond donors (Lipinski definition) is 3. The third-order valence-electron chi connectivity index (χ3n) is 4.34. The van der Waals surface area contributed by atoms with Crippen LogP contribution in [0.1, 0.15) is 63.6 Å². The number of aliphatic imine (C=N–C) groups is 1. The van der Waals surface area contributed by atoms with Crippen molar-refractivity contribution in [2.45, 2.75) is 64.3 Å². The summed E-state index contributed by atoms with van der Waals surface area (Å²) in [6, 6.07) is 0. The molecule has 1 aliphatic heterocycles. The van der Waals surface area contributed by atoms with Crippen molar-refractivity contribution in [1.82, 2.24) is 9.97 Å². The van der Waals surface area contributed by atoms with Crippen LogP contribution in [0.5, 0.6) is 0 Å². The Labute approximate surface area is 155 Å². The molecule has 0 radical (unpaired) electrons. The fourth-order valence-corrected chi connectivity index (χ4v) is 2.82. The van der Waals surface area contributed by atoms with E-state index in [-0.39, 0.29) is 24.1 Å². The van der Waals surface area contributed by atoms with Gasteiger partial charge in [0, 0.05) is 19.6 Å². The molecule has 8 nitrogen and oxygen atoms in total. The zero-order valence-electron chi connectivity index (χ0n) is 15.7. The summed E-state index contributed by atoms with van der Waals surface area (Å²) in [4.78, 5) is 11.1. The van der Waals surface area contributed by atoms with E-state index < -0.39 is 0 Å². The Bertz CT molecular complexity index is 575. The molecule has 0 spiro atoms. The Morgan fingerprint density at radius 1 is 1.42 bits per heavy atom. The molecule has 0 aliphatic carbocycles. The lowest BCUT2D eigenvalue weighted by Gasteiger charge is -2.19. The van der Waals surface area contributed by atoms with Gasteiger partial charge in [-0.15, -0.1) is 0 Å². The summed E-state index contributed by atoms with van der Waals surface area (Å²) in [5, 5.41) is 6.99. The number of unbranched alkanes of at least 4 members (excludes halogenated alkanes) is 2. The molecule has 0 aromatic carbocycles. The molecule has 1 saturated heterocycles. The highest BCUT2D eigenvalue weighted by molar-refractivity contribution is 5.98. The van der Waals surface area contributed by atoms with Crippen molar-refractivity contribution < 1.29 is 14.2 Å². The van der Waals surface area contributed by atoms with Crippen LogP contribution in [-0.2, 0) is 14.2 Å². The molecule has 146 valence electrons. The maximum Gasteiger partial charge on any atom is 0.173 e. The molecule has 0 amide bonds. The van der Waals surface area contributed by atoms with Crippen molar-refractivity contribution in [1.29, 1.82) is 5.41 Å². The normalized spacial score (nSPS) is 23.5. The maximum atomic E-state index is 6.99. The summed E-state index contributed by atoms with van der Waals surface area (Å²) in [6.07, 6.45) is 7.42. The van der Waals surface area contributed by atoms with Crippen LogP contribution in [0.25, 0.3) is 0 Å². The predicted octanol–water partition coefficient (Wildman–Crippen LogP) is 2.55. The van der Waals surface area contributed by atoms with E-state index in [9.17, 15) is 0 Å². The number of nitrogens with one attached hydrogen (secondary N) is 2. The molecule has 4 N–H and O–H groups in total. The van der Waals surface area contributed by atoms with Crippen LogP contribution < -0.4 is 5.73 Å². The molecule has 1 aliphatic rings. The zero-order chi connectivity index (χ0) is 18.8. The smallest absolute Gasteiger partial charge is 0.173 e. The molecule has 1 aromatic heterocycles. The molecule has 3 atom stereocenters. The largest absolute Gasteiger partial charge is 0.381 e. The Balaban J connectivity index is 1.98. The minimum Gasteiger partial charge on any atom is -0.381 e. The van der Waals surface area contributed by atoms with E-state index in [1.165, 1.54) is 0 Å². The van der Waals surface area contributed by atoms with Crippen LogP contribution in [0.4, 0.5) is 0 Å². The van der Waals surface area contributed by atoms with E-state index in [2.05, 4.69) is 28.8 Å². The summed E-state index contributed by atoms with van der Waals surface area (Å²) >= 11 is 0. The minimum absolute atomic E-state index is 0.00696. The van der Waals surface area contributed by atoms with Crippen LogP contribution in [0.3, 0.4) is 0 Å². The van der Waals surface area contributed by atoms with Gasteiger partial charge in [0.05, 0.1) is 24.6 Å². The van der Waals surface area contributed by atoms with Crippen LogP contribution >= 0.6 is 0 Å². The van der Waals surface area contributed by atoms with Gasteiger partial charge in [0.15, 0.2) is 11.7 Å². The second-order valence-electron chi connectivity index (χ2n) is 6.42. The van der Waals surface area contributed by atoms with E-state index in [0.29, 0.717) is 12.4 Å². The molecule has 1 aromatic rings. The lowest BCUT2D eigenvalue weighted by Crippen LogP contribution is -2.29. The topological polar surface area (TPSA) is 119 Å². The highest BCUT2D eigenvalue weighted by Gasteiger charge is 2.37. The summed E-state index contributed by atoms with van der Waals surface area (Å²) in [7, 11) is 0. The SMILES string of the molecule is CCCCOC[C@H]1O[C@@H](c2cnc(C(N)=NC=N)[nH]2)C[C@@H]1OCCCC. The lowest BCUT2D eigenvalue weighted by atomic mass is 10.1. The van der Waals surface area contributed by atoms with E-state index >= 15 is 0 Å². The van der Waals surface area contributed by atoms with Gasteiger partial charge >= 0.3 is 0 Å². The van der Waals surface area contributed by atoms with Crippen LogP contribution in [0.2, 0.25) is 0 Å². The van der Waals surface area contributed by atoms with Gasteiger partial charge in [0.2, 0.25) is 0 Å². The molecule has 1 fully saturated rings. The summed E-state index contributed by atoms with van der Waals surface area (Å²) in [5.41, 5.74) is 6.60. The van der Waals surface area contributed by atoms with Crippen molar-refractivity contribution in [3.63, 3.8) is 0 Å². The number of imidazole rings is 1. The van der Waals surface area contributed by atoms with Gasteiger partial charge in [-0.05, 0) is 12.8 Å². The number of H-pyrrole nitrogens is 1. The average Bonchev–Trinajstić information content (AvgIpc) is 3.27. The third-order valence-corrected chi connectivity index (χ3v) is 4.34. The van der Waals surface area contributed by atoms with Gasteiger partial charge < -0.3 is 24.9 Å². The van der Waals surface area contributed by atoms with Crippen molar-refractivity contribution in [2.24, 2.45) is 10.7 Å². The first kappa shape index (κ1) is 20.5. The second kappa shape index (κ2) is 11.1. The van der Waals surface area contributed by atoms with Crippen LogP contribution in [-0.4, -0.2) is 54.2 Å². The van der Waals surface area contributed by atoms with Gasteiger partial charge in [-0.3, -0.25) is 5.41 Å². The highest BCUT2D eigenvalue weighted by atomic mass is 16.6. The summed E-state index contributed by atoms with van der Waals surface area (Å²) in [6.45, 7) is 6.30. The quantitative estimate of drug-likeness (QED) is 0.299. The van der Waals surface area contributed by atoms with Gasteiger partial charge in [-0.1, -0.05) is 26.7 Å². The van der Waals surface area contributed by atoms with Crippen LogP contribution in [0, 0.1) is 5.41 Å². The number of nitrogens with zero attached hydrogens (tertiary/aromatic N) is 2. The maximum absolute atomic E-state index is 6.99. The van der Waals surface area contributed by atoms with Gasteiger partial charge in [-0.25, -0.2) is 9.98 Å². The Morgan fingerprint density at radius 2 is 2.19 bits per heavy atom. The molecular formula is C18H31N5O3. The van der Waals surface area contributed by atoms with Crippen LogP contribution in [0.15, 0.2) is 11.2 Å². The first-order chi connectivity index (χ1) is 12.7. The number of aromatic nitrogens is 2. The number of rotatable bonds is 12. The standard InChI is InChI=1S/C18H31N5O3/c1-3-5-7-24-11-16-15(25-8-6-4-2)9-14(26-16)13-10-21-18(23-13)17(20)22-12-19/h10,12,14-16H,3-9,11H2,1-2H3,(H,21,23)(H3,19,20,22)/t14-,15+,16-/m1/s1. The van der Waals surface area contributed by atoms with Crippen molar-refractivity contribution >= 4 is 12.2 Å². The number of nitrogens with two attached hydrogens (primary N) is 1. The Hall–Kier alpha value is -1.77. The monoisotopic (exact) mass is 365 g/mol. The number of aromatic amines is 1.